The number of halogens is 1. The summed E-state index contributed by atoms with van der Waals surface area (Å²) in [4.78, 5) is 11.9. The molecule has 4 nitrogen and oxygen atoms in total. The second-order valence-electron chi connectivity index (χ2n) is 3.51. The van der Waals surface area contributed by atoms with Gasteiger partial charge in [0.05, 0.1) is 31.5 Å². The zero-order chi connectivity index (χ0) is 13.1. The largest absolute Gasteiger partial charge is 0.397 e. The highest BCUT2D eigenvalue weighted by molar-refractivity contribution is 14.1. The Labute approximate surface area is 122 Å². The molecule has 0 radical (unpaired) electrons. The second-order valence-corrected chi connectivity index (χ2v) is 6.31. The first-order valence-corrected chi connectivity index (χ1v) is 6.91. The van der Waals surface area contributed by atoms with Crippen LogP contribution in [0.1, 0.15) is 15.9 Å². The van der Waals surface area contributed by atoms with E-state index in [-0.39, 0.29) is 5.91 Å². The first-order valence-electron chi connectivity index (χ1n) is 4.95. The van der Waals surface area contributed by atoms with Gasteiger partial charge in [-0.3, -0.25) is 4.79 Å². The van der Waals surface area contributed by atoms with E-state index in [4.69, 9.17) is 11.0 Å². The van der Waals surface area contributed by atoms with Gasteiger partial charge in [-0.15, -0.1) is 11.3 Å². The molecular weight excluding hydrogens is 361 g/mol. The normalized spacial score (nSPS) is 9.78. The van der Waals surface area contributed by atoms with Crippen LogP contribution in [0.5, 0.6) is 0 Å². The topological polar surface area (TPSA) is 78.9 Å². The molecule has 0 saturated carbocycles. The van der Waals surface area contributed by atoms with Gasteiger partial charge in [-0.1, -0.05) is 0 Å². The number of benzene rings is 1. The first kappa shape index (κ1) is 12.9. The first-order chi connectivity index (χ1) is 8.60. The van der Waals surface area contributed by atoms with E-state index < -0.39 is 0 Å². The monoisotopic (exact) mass is 369 g/mol. The van der Waals surface area contributed by atoms with Gasteiger partial charge in [0.1, 0.15) is 0 Å². The molecule has 18 heavy (non-hydrogen) atoms. The van der Waals surface area contributed by atoms with Gasteiger partial charge in [-0.05, 0) is 46.9 Å². The van der Waals surface area contributed by atoms with Crippen molar-refractivity contribution in [3.05, 3.63) is 43.7 Å². The number of anilines is 2. The van der Waals surface area contributed by atoms with Crippen LogP contribution < -0.4 is 11.1 Å². The molecule has 1 aromatic heterocycles. The van der Waals surface area contributed by atoms with E-state index in [1.165, 1.54) is 17.4 Å². The second kappa shape index (κ2) is 5.37. The van der Waals surface area contributed by atoms with E-state index in [1.807, 2.05) is 6.07 Å². The van der Waals surface area contributed by atoms with E-state index in [9.17, 15) is 4.79 Å². The van der Waals surface area contributed by atoms with Crippen molar-refractivity contribution in [3.8, 4) is 6.07 Å². The molecule has 0 unspecified atom stereocenters. The van der Waals surface area contributed by atoms with Crippen molar-refractivity contribution in [2.24, 2.45) is 0 Å². The van der Waals surface area contributed by atoms with Crippen LogP contribution >= 0.6 is 33.9 Å². The van der Waals surface area contributed by atoms with Gasteiger partial charge in [0, 0.05) is 5.38 Å². The third-order valence-corrected chi connectivity index (χ3v) is 4.05. The van der Waals surface area contributed by atoms with Crippen LogP contribution in [0.4, 0.5) is 11.4 Å². The Morgan fingerprint density at radius 2 is 2.22 bits per heavy atom. The Balaban J connectivity index is 2.20. The van der Waals surface area contributed by atoms with Gasteiger partial charge in [0.2, 0.25) is 0 Å². The fourth-order valence-electron chi connectivity index (χ4n) is 1.37. The Morgan fingerprint density at radius 1 is 1.44 bits per heavy atom. The van der Waals surface area contributed by atoms with Crippen molar-refractivity contribution in [2.75, 3.05) is 11.1 Å². The minimum absolute atomic E-state index is 0.203. The summed E-state index contributed by atoms with van der Waals surface area (Å²) in [6.45, 7) is 0. The standard InChI is InChI=1S/C12H8IN3OS/c13-11-4-8(6-18-11)12(17)16-10-2-1-7(5-14)3-9(10)15/h1-4,6H,15H2,(H,16,17). The predicted molar refractivity (Wildman–Crippen MR) is 80.6 cm³/mol. The van der Waals surface area contributed by atoms with Crippen molar-refractivity contribution in [3.63, 3.8) is 0 Å². The third-order valence-electron chi connectivity index (χ3n) is 2.26. The fraction of sp³-hybridized carbons (Fsp3) is 0. The van der Waals surface area contributed by atoms with Crippen LogP contribution in [0.25, 0.3) is 0 Å². The van der Waals surface area contributed by atoms with Crippen molar-refractivity contribution in [1.29, 1.82) is 5.26 Å². The average Bonchev–Trinajstić information content (AvgIpc) is 2.78. The van der Waals surface area contributed by atoms with Crippen molar-refractivity contribution >= 4 is 51.2 Å². The Hall–Kier alpha value is -1.59. The molecule has 0 fully saturated rings. The third kappa shape index (κ3) is 2.80. The number of hydrogen-bond acceptors (Lipinski definition) is 4. The summed E-state index contributed by atoms with van der Waals surface area (Å²) in [5.41, 5.74) is 7.73. The number of carbonyl (C=O) groups is 1. The summed E-state index contributed by atoms with van der Waals surface area (Å²) in [6, 6.07) is 8.57. The summed E-state index contributed by atoms with van der Waals surface area (Å²) in [7, 11) is 0. The van der Waals surface area contributed by atoms with Crippen molar-refractivity contribution < 1.29 is 4.79 Å². The van der Waals surface area contributed by atoms with Gasteiger partial charge < -0.3 is 11.1 Å². The molecule has 6 heteroatoms. The highest BCUT2D eigenvalue weighted by Crippen LogP contribution is 2.22. The van der Waals surface area contributed by atoms with Gasteiger partial charge in [0.15, 0.2) is 0 Å². The van der Waals surface area contributed by atoms with Crippen LogP contribution in [-0.4, -0.2) is 5.91 Å². The molecule has 0 aliphatic heterocycles. The van der Waals surface area contributed by atoms with E-state index in [2.05, 4.69) is 27.9 Å². The molecule has 0 aliphatic rings. The molecule has 3 N–H and O–H groups in total. The molecule has 2 aromatic rings. The van der Waals surface area contributed by atoms with E-state index in [1.54, 1.807) is 23.6 Å². The molecule has 0 aliphatic carbocycles. The number of nitrogen functional groups attached to an aromatic ring is 1. The molecule has 0 saturated heterocycles. The highest BCUT2D eigenvalue weighted by atomic mass is 127. The molecule has 1 aromatic carbocycles. The van der Waals surface area contributed by atoms with E-state index in [0.29, 0.717) is 22.5 Å². The number of carbonyl (C=O) groups excluding carboxylic acids is 1. The number of rotatable bonds is 2. The summed E-state index contributed by atoms with van der Waals surface area (Å²) >= 11 is 3.66. The predicted octanol–water partition coefficient (Wildman–Crippen LogP) is 3.06. The number of nitrogens with one attached hydrogen (secondary N) is 1. The molecule has 1 heterocycles. The lowest BCUT2D eigenvalue weighted by Gasteiger charge is -2.07. The lowest BCUT2D eigenvalue weighted by atomic mass is 10.2. The number of nitriles is 1. The Kier molecular flexibility index (Phi) is 3.84. The maximum Gasteiger partial charge on any atom is 0.256 e. The SMILES string of the molecule is N#Cc1ccc(NC(=O)c2csc(I)c2)c(N)c1. The van der Waals surface area contributed by atoms with Gasteiger partial charge in [0.25, 0.3) is 5.91 Å². The highest BCUT2D eigenvalue weighted by Gasteiger charge is 2.10. The van der Waals surface area contributed by atoms with Crippen molar-refractivity contribution in [1.82, 2.24) is 0 Å². The number of hydrogen-bond donors (Lipinski definition) is 2. The molecule has 2 rings (SSSR count). The minimum Gasteiger partial charge on any atom is -0.397 e. The van der Waals surface area contributed by atoms with Crippen LogP contribution in [0.3, 0.4) is 0 Å². The van der Waals surface area contributed by atoms with Gasteiger partial charge >= 0.3 is 0 Å². The molecule has 90 valence electrons. The molecule has 0 bridgehead atoms. The number of nitrogens with zero attached hydrogens (tertiary/aromatic N) is 1. The molecule has 0 spiro atoms. The van der Waals surface area contributed by atoms with E-state index in [0.717, 1.165) is 2.88 Å². The molecule has 0 atom stereocenters. The summed E-state index contributed by atoms with van der Waals surface area (Å²) in [5, 5.41) is 13.2. The van der Waals surface area contributed by atoms with Crippen LogP contribution in [-0.2, 0) is 0 Å². The summed E-state index contributed by atoms with van der Waals surface area (Å²) in [5.74, 6) is -0.203. The molecular formula is C12H8IN3OS. The van der Waals surface area contributed by atoms with Crippen LogP contribution in [0.2, 0.25) is 0 Å². The number of thiophene rings is 1. The lowest BCUT2D eigenvalue weighted by molar-refractivity contribution is 0.102. The zero-order valence-corrected chi connectivity index (χ0v) is 12.1. The lowest BCUT2D eigenvalue weighted by Crippen LogP contribution is -2.12. The Morgan fingerprint density at radius 3 is 2.78 bits per heavy atom. The van der Waals surface area contributed by atoms with Gasteiger partial charge in [-0.25, -0.2) is 0 Å². The summed E-state index contributed by atoms with van der Waals surface area (Å²) < 4.78 is 1.05. The van der Waals surface area contributed by atoms with Crippen LogP contribution in [0.15, 0.2) is 29.6 Å². The average molecular weight is 369 g/mol. The van der Waals surface area contributed by atoms with Crippen molar-refractivity contribution in [2.45, 2.75) is 0 Å². The van der Waals surface area contributed by atoms with E-state index >= 15 is 0 Å². The maximum absolute atomic E-state index is 11.9. The van der Waals surface area contributed by atoms with Gasteiger partial charge in [-0.2, -0.15) is 5.26 Å². The fourth-order valence-corrected chi connectivity index (χ4v) is 2.70. The maximum atomic E-state index is 11.9. The number of amides is 1. The summed E-state index contributed by atoms with van der Waals surface area (Å²) in [6.07, 6.45) is 0. The van der Waals surface area contributed by atoms with Crippen LogP contribution in [0, 0.1) is 14.2 Å². The minimum atomic E-state index is -0.203. The Bertz CT molecular complexity index is 645. The quantitative estimate of drug-likeness (QED) is 0.631. The zero-order valence-electron chi connectivity index (χ0n) is 9.11. The number of nitrogens with two attached hydrogens (primary N) is 1. The smallest absolute Gasteiger partial charge is 0.256 e. The molecule has 1 amide bonds.